The van der Waals surface area contributed by atoms with Gasteiger partial charge in [0.1, 0.15) is 0 Å². The molecule has 116 valence electrons. The van der Waals surface area contributed by atoms with E-state index in [0.717, 1.165) is 33.7 Å². The van der Waals surface area contributed by atoms with Crippen LogP contribution in [0.4, 0.5) is 13.2 Å². The van der Waals surface area contributed by atoms with E-state index in [1.807, 2.05) is 24.3 Å². The number of hydrogen-bond acceptors (Lipinski definition) is 1. The number of Topliss-reactive ketones (excluding diaryl/α,β-unsaturated/α-hetero) is 1. The van der Waals surface area contributed by atoms with Gasteiger partial charge in [0.15, 0.2) is 5.78 Å². The topological polar surface area (TPSA) is 17.1 Å². The summed E-state index contributed by atoms with van der Waals surface area (Å²) in [6.45, 7) is 0. The average molecular weight is 314 g/mol. The van der Waals surface area contributed by atoms with Gasteiger partial charge in [-0.25, -0.2) is 0 Å². The monoisotopic (exact) mass is 314 g/mol. The van der Waals surface area contributed by atoms with E-state index >= 15 is 0 Å². The molecular formula is C19H13F3O. The van der Waals surface area contributed by atoms with Crippen molar-refractivity contribution in [3.05, 3.63) is 64.7 Å². The van der Waals surface area contributed by atoms with Crippen LogP contribution < -0.4 is 0 Å². The molecule has 0 heterocycles. The van der Waals surface area contributed by atoms with Crippen molar-refractivity contribution >= 4 is 22.1 Å². The molecule has 2 aromatic carbocycles. The van der Waals surface area contributed by atoms with E-state index in [4.69, 9.17) is 0 Å². The van der Waals surface area contributed by atoms with Gasteiger partial charge in [-0.1, -0.05) is 30.4 Å². The van der Waals surface area contributed by atoms with Crippen LogP contribution in [0.1, 0.15) is 29.5 Å². The van der Waals surface area contributed by atoms with Crippen LogP contribution >= 0.6 is 0 Å². The second kappa shape index (κ2) is 4.82. The Hall–Kier alpha value is -2.36. The number of carbonyl (C=O) groups excluding carboxylic acids is 1. The smallest absolute Gasteiger partial charge is 0.294 e. The number of aryl methyl sites for hydroxylation is 1. The molecule has 0 fully saturated rings. The van der Waals surface area contributed by atoms with Crippen LogP contribution in [0.15, 0.2) is 48.1 Å². The van der Waals surface area contributed by atoms with E-state index in [1.54, 1.807) is 0 Å². The van der Waals surface area contributed by atoms with Crippen molar-refractivity contribution in [2.75, 3.05) is 0 Å². The molecule has 2 aliphatic rings. The number of benzene rings is 2. The number of carbonyl (C=O) groups is 1. The fourth-order valence-corrected chi connectivity index (χ4v) is 3.51. The number of halogens is 3. The number of allylic oxidation sites excluding steroid dienone is 4. The summed E-state index contributed by atoms with van der Waals surface area (Å²) in [4.78, 5) is 12.0. The predicted molar refractivity (Wildman–Crippen MR) is 83.0 cm³/mol. The van der Waals surface area contributed by atoms with Crippen LogP contribution in [0.2, 0.25) is 0 Å². The summed E-state index contributed by atoms with van der Waals surface area (Å²) in [6, 6.07) is 7.62. The summed E-state index contributed by atoms with van der Waals surface area (Å²) in [5.41, 5.74) is 2.86. The molecule has 0 aliphatic heterocycles. The molecule has 0 N–H and O–H groups in total. The van der Waals surface area contributed by atoms with Gasteiger partial charge in [-0.05, 0) is 52.4 Å². The zero-order valence-electron chi connectivity index (χ0n) is 12.2. The highest BCUT2D eigenvalue weighted by molar-refractivity contribution is 6.09. The van der Waals surface area contributed by atoms with E-state index < -0.39 is 11.7 Å². The van der Waals surface area contributed by atoms with Gasteiger partial charge in [-0.3, -0.25) is 4.79 Å². The first-order valence-electron chi connectivity index (χ1n) is 7.51. The van der Waals surface area contributed by atoms with Gasteiger partial charge in [-0.15, -0.1) is 0 Å². The van der Waals surface area contributed by atoms with E-state index in [-0.39, 0.29) is 5.78 Å². The summed E-state index contributed by atoms with van der Waals surface area (Å²) >= 11 is 0. The summed E-state index contributed by atoms with van der Waals surface area (Å²) in [7, 11) is 0. The SMILES string of the molecule is O=C1CC=CC2=C1CCc1c2ccc2ccc(C(F)(F)F)cc12. The maximum absolute atomic E-state index is 13.0. The van der Waals surface area contributed by atoms with Gasteiger partial charge in [0.25, 0.3) is 0 Å². The van der Waals surface area contributed by atoms with Crippen molar-refractivity contribution in [3.8, 4) is 0 Å². The van der Waals surface area contributed by atoms with Crippen LogP contribution in [-0.4, -0.2) is 5.78 Å². The van der Waals surface area contributed by atoms with E-state index in [0.29, 0.717) is 24.6 Å². The third-order valence-corrected chi connectivity index (χ3v) is 4.63. The lowest BCUT2D eigenvalue weighted by molar-refractivity contribution is -0.137. The molecule has 0 atom stereocenters. The second-order valence-electron chi connectivity index (χ2n) is 5.95. The van der Waals surface area contributed by atoms with Crippen LogP contribution in [0.5, 0.6) is 0 Å². The Morgan fingerprint density at radius 1 is 1.00 bits per heavy atom. The lowest BCUT2D eigenvalue weighted by atomic mass is 9.79. The van der Waals surface area contributed by atoms with Crippen molar-refractivity contribution in [1.29, 1.82) is 0 Å². The minimum Gasteiger partial charge on any atom is -0.294 e. The number of fused-ring (bicyclic) bond motifs is 4. The van der Waals surface area contributed by atoms with Crippen LogP contribution in [0, 0.1) is 0 Å². The molecule has 4 heteroatoms. The minimum atomic E-state index is -4.35. The van der Waals surface area contributed by atoms with E-state index in [2.05, 4.69) is 0 Å². The van der Waals surface area contributed by atoms with Crippen LogP contribution in [-0.2, 0) is 17.4 Å². The molecule has 0 bridgehead atoms. The molecule has 23 heavy (non-hydrogen) atoms. The third-order valence-electron chi connectivity index (χ3n) is 4.63. The number of ketones is 1. The second-order valence-corrected chi connectivity index (χ2v) is 5.95. The van der Waals surface area contributed by atoms with E-state index in [1.165, 1.54) is 12.1 Å². The van der Waals surface area contributed by atoms with Crippen molar-refractivity contribution in [2.24, 2.45) is 0 Å². The highest BCUT2D eigenvalue weighted by Gasteiger charge is 2.31. The molecule has 0 spiro atoms. The maximum atomic E-state index is 13.0. The van der Waals surface area contributed by atoms with Crippen molar-refractivity contribution in [2.45, 2.75) is 25.4 Å². The number of hydrogen-bond donors (Lipinski definition) is 0. The molecule has 2 aliphatic carbocycles. The number of alkyl halides is 3. The summed E-state index contributed by atoms with van der Waals surface area (Å²) in [5, 5.41) is 1.43. The maximum Gasteiger partial charge on any atom is 0.416 e. The normalized spacial score (nSPS) is 17.4. The van der Waals surface area contributed by atoms with Gasteiger partial charge < -0.3 is 0 Å². The van der Waals surface area contributed by atoms with Crippen molar-refractivity contribution < 1.29 is 18.0 Å². The van der Waals surface area contributed by atoms with Crippen LogP contribution in [0.25, 0.3) is 16.3 Å². The highest BCUT2D eigenvalue weighted by Crippen LogP contribution is 2.40. The molecule has 0 saturated carbocycles. The first kappa shape index (κ1) is 14.2. The van der Waals surface area contributed by atoms with E-state index in [9.17, 15) is 18.0 Å². The molecule has 4 rings (SSSR count). The summed E-state index contributed by atoms with van der Waals surface area (Å²) < 4.78 is 39.0. The molecule has 1 nitrogen and oxygen atoms in total. The molecule has 0 unspecified atom stereocenters. The van der Waals surface area contributed by atoms with Gasteiger partial charge in [0.2, 0.25) is 0 Å². The first-order valence-corrected chi connectivity index (χ1v) is 7.51. The zero-order chi connectivity index (χ0) is 16.2. The summed E-state index contributed by atoms with van der Waals surface area (Å²) in [6.07, 6.45) is 1.02. The van der Waals surface area contributed by atoms with Crippen molar-refractivity contribution in [1.82, 2.24) is 0 Å². The fourth-order valence-electron chi connectivity index (χ4n) is 3.51. The minimum absolute atomic E-state index is 0.122. The Kier molecular flexibility index (Phi) is 2.98. The van der Waals surface area contributed by atoms with Gasteiger partial charge in [0.05, 0.1) is 5.56 Å². The quantitative estimate of drug-likeness (QED) is 0.662. The van der Waals surface area contributed by atoms with Crippen molar-refractivity contribution in [3.63, 3.8) is 0 Å². The first-order chi connectivity index (χ1) is 10.9. The molecule has 0 radical (unpaired) electrons. The molecule has 2 aromatic rings. The Morgan fingerprint density at radius 2 is 1.78 bits per heavy atom. The molecular weight excluding hydrogens is 301 g/mol. The standard InChI is InChI=1S/C19H13F3O/c20-19(21,22)12-6-4-11-5-7-14-13-2-1-3-18(23)16(13)9-8-15(14)17(11)10-12/h1-2,4-7,10H,3,8-9H2. The largest absolute Gasteiger partial charge is 0.416 e. The Labute approximate surface area is 131 Å². The predicted octanol–water partition coefficient (Wildman–Crippen LogP) is 5.09. The number of rotatable bonds is 0. The summed E-state index contributed by atoms with van der Waals surface area (Å²) in [5.74, 6) is 0.122. The molecule has 0 saturated heterocycles. The lowest BCUT2D eigenvalue weighted by Gasteiger charge is -2.24. The zero-order valence-corrected chi connectivity index (χ0v) is 12.2. The Balaban J connectivity index is 1.98. The fraction of sp³-hybridized carbons (Fsp3) is 0.211. The Bertz CT molecular complexity index is 901. The van der Waals surface area contributed by atoms with Gasteiger partial charge in [0, 0.05) is 12.0 Å². The van der Waals surface area contributed by atoms with Gasteiger partial charge in [-0.2, -0.15) is 13.2 Å². The lowest BCUT2D eigenvalue weighted by Crippen LogP contribution is -2.14. The third kappa shape index (κ3) is 2.21. The molecule has 0 amide bonds. The molecule has 0 aromatic heterocycles. The van der Waals surface area contributed by atoms with Gasteiger partial charge >= 0.3 is 6.18 Å². The average Bonchev–Trinajstić information content (AvgIpc) is 2.53. The van der Waals surface area contributed by atoms with Crippen LogP contribution in [0.3, 0.4) is 0 Å². The Morgan fingerprint density at radius 3 is 2.57 bits per heavy atom. The highest BCUT2D eigenvalue weighted by atomic mass is 19.4.